The van der Waals surface area contributed by atoms with Gasteiger partial charge in [-0.15, -0.1) is 0 Å². The number of urea groups is 1. The van der Waals surface area contributed by atoms with E-state index in [2.05, 4.69) is 10.6 Å². The first-order valence-corrected chi connectivity index (χ1v) is 9.37. The molecule has 0 aliphatic carbocycles. The number of methoxy groups -OCH3 is 1. The summed E-state index contributed by atoms with van der Waals surface area (Å²) < 4.78 is 10.4. The van der Waals surface area contributed by atoms with Crippen LogP contribution in [-0.2, 0) is 16.0 Å². The van der Waals surface area contributed by atoms with Gasteiger partial charge in [0, 0.05) is 18.0 Å². The number of halogens is 1. The van der Waals surface area contributed by atoms with Gasteiger partial charge in [0.15, 0.2) is 0 Å². The van der Waals surface area contributed by atoms with Crippen molar-refractivity contribution in [3.8, 4) is 5.75 Å². The molecule has 0 aliphatic rings. The molecule has 1 aromatic carbocycles. The molecule has 1 atom stereocenters. The zero-order chi connectivity index (χ0) is 22.4. The van der Waals surface area contributed by atoms with Crippen LogP contribution < -0.4 is 26.7 Å². The molecular formula is C19H22ClN3O7. The third-order valence-electron chi connectivity index (χ3n) is 4.50. The number of hydrogen-bond acceptors (Lipinski definition) is 6. The predicted molar refractivity (Wildman–Crippen MR) is 109 cm³/mol. The molecular weight excluding hydrogens is 418 g/mol. The number of carboxylic acid groups (broad SMARTS) is 1. The second kappa shape index (κ2) is 9.97. The molecule has 162 valence electrons. The van der Waals surface area contributed by atoms with Crippen molar-refractivity contribution in [3.63, 3.8) is 0 Å². The highest BCUT2D eigenvalue weighted by Crippen LogP contribution is 2.31. The molecule has 10 nitrogen and oxygen atoms in total. The van der Waals surface area contributed by atoms with Gasteiger partial charge in [0.1, 0.15) is 17.4 Å². The van der Waals surface area contributed by atoms with Gasteiger partial charge in [-0.1, -0.05) is 11.6 Å². The lowest BCUT2D eigenvalue weighted by molar-refractivity contribution is -0.141. The van der Waals surface area contributed by atoms with E-state index < -0.39 is 29.6 Å². The fourth-order valence-corrected chi connectivity index (χ4v) is 3.17. The van der Waals surface area contributed by atoms with Crippen LogP contribution in [0.15, 0.2) is 21.3 Å². The van der Waals surface area contributed by atoms with E-state index in [1.54, 1.807) is 13.0 Å². The molecule has 0 bridgehead atoms. The summed E-state index contributed by atoms with van der Waals surface area (Å²) in [5.41, 5.74) is 5.08. The SMILES string of the molecule is COc1cc2oc(=O)c(CC(=O)N[C@@H](CCCNC(N)=O)C(=O)O)c(C)c2cc1Cl. The van der Waals surface area contributed by atoms with E-state index in [1.165, 1.54) is 13.2 Å². The number of nitrogens with two attached hydrogens (primary N) is 1. The average molecular weight is 440 g/mol. The van der Waals surface area contributed by atoms with Crippen LogP contribution in [0.25, 0.3) is 11.0 Å². The van der Waals surface area contributed by atoms with Gasteiger partial charge < -0.3 is 30.6 Å². The molecule has 2 aromatic rings. The van der Waals surface area contributed by atoms with Gasteiger partial charge >= 0.3 is 17.6 Å². The number of fused-ring (bicyclic) bond motifs is 1. The van der Waals surface area contributed by atoms with Crippen LogP contribution in [0.1, 0.15) is 24.0 Å². The minimum absolute atomic E-state index is 0.0715. The Bertz CT molecular complexity index is 1030. The lowest BCUT2D eigenvalue weighted by Gasteiger charge is -2.15. The van der Waals surface area contributed by atoms with E-state index in [9.17, 15) is 24.3 Å². The molecule has 0 unspecified atom stereocenters. The first-order valence-electron chi connectivity index (χ1n) is 8.99. The minimum atomic E-state index is -1.23. The van der Waals surface area contributed by atoms with E-state index in [0.29, 0.717) is 21.7 Å². The molecule has 0 fully saturated rings. The first kappa shape index (κ1) is 23.0. The third-order valence-corrected chi connectivity index (χ3v) is 4.79. The maximum atomic E-state index is 12.4. The van der Waals surface area contributed by atoms with Gasteiger partial charge in [-0.05, 0) is 31.4 Å². The normalized spacial score (nSPS) is 11.7. The number of carboxylic acids is 1. The smallest absolute Gasteiger partial charge is 0.340 e. The van der Waals surface area contributed by atoms with Gasteiger partial charge in [-0.3, -0.25) is 4.79 Å². The number of hydrogen-bond donors (Lipinski definition) is 4. The molecule has 11 heteroatoms. The number of carbonyl (C=O) groups is 3. The van der Waals surface area contributed by atoms with Gasteiger partial charge in [0.05, 0.1) is 24.1 Å². The second-order valence-electron chi connectivity index (χ2n) is 6.54. The summed E-state index contributed by atoms with van der Waals surface area (Å²) in [7, 11) is 1.43. The molecule has 0 aliphatic heterocycles. The van der Waals surface area contributed by atoms with Crippen LogP contribution in [-0.4, -0.2) is 42.7 Å². The number of aryl methyl sites for hydroxylation is 1. The maximum Gasteiger partial charge on any atom is 0.340 e. The van der Waals surface area contributed by atoms with E-state index in [-0.39, 0.29) is 37.0 Å². The van der Waals surface area contributed by atoms with Crippen molar-refractivity contribution in [1.82, 2.24) is 10.6 Å². The molecule has 1 aromatic heterocycles. The topological polar surface area (TPSA) is 161 Å². The Morgan fingerprint density at radius 2 is 2.03 bits per heavy atom. The summed E-state index contributed by atoms with van der Waals surface area (Å²) in [6.07, 6.45) is -0.00318. The molecule has 0 spiro atoms. The van der Waals surface area contributed by atoms with E-state index >= 15 is 0 Å². The Hall–Kier alpha value is -3.27. The van der Waals surface area contributed by atoms with Gasteiger partial charge in [-0.2, -0.15) is 0 Å². The lowest BCUT2D eigenvalue weighted by Crippen LogP contribution is -2.42. The third kappa shape index (κ3) is 5.63. The number of amides is 3. The van der Waals surface area contributed by atoms with Crippen LogP contribution in [0.5, 0.6) is 5.75 Å². The first-order chi connectivity index (χ1) is 14.1. The standard InChI is InChI=1S/C19H22ClN3O7/c1-9-10-6-12(20)15(29-2)8-14(10)30-18(27)11(9)7-16(24)23-13(17(25)26)4-3-5-22-19(21)28/h6,8,13H,3-5,7H2,1-2H3,(H,23,24)(H,25,26)(H3,21,22,28)/t13-/m0/s1. The monoisotopic (exact) mass is 439 g/mol. The molecule has 0 saturated carbocycles. The van der Waals surface area contributed by atoms with Crippen molar-refractivity contribution in [2.45, 2.75) is 32.2 Å². The zero-order valence-electron chi connectivity index (χ0n) is 16.4. The number of rotatable bonds is 9. The van der Waals surface area contributed by atoms with Gasteiger partial charge in [0.2, 0.25) is 5.91 Å². The fourth-order valence-electron chi connectivity index (χ4n) is 2.93. The minimum Gasteiger partial charge on any atom is -0.495 e. The van der Waals surface area contributed by atoms with Crippen LogP contribution in [0.4, 0.5) is 4.79 Å². The molecule has 1 heterocycles. The molecule has 0 radical (unpaired) electrons. The largest absolute Gasteiger partial charge is 0.495 e. The second-order valence-corrected chi connectivity index (χ2v) is 6.95. The van der Waals surface area contributed by atoms with Crippen molar-refractivity contribution in [1.29, 1.82) is 0 Å². The Kier molecular flexibility index (Phi) is 7.65. The number of nitrogens with one attached hydrogen (secondary N) is 2. The Balaban J connectivity index is 2.17. The Morgan fingerprint density at radius 1 is 1.33 bits per heavy atom. The van der Waals surface area contributed by atoms with Gasteiger partial charge in [-0.25, -0.2) is 14.4 Å². The summed E-state index contributed by atoms with van der Waals surface area (Å²) in [6.45, 7) is 1.82. The van der Waals surface area contributed by atoms with Crippen molar-refractivity contribution in [3.05, 3.63) is 38.7 Å². The molecule has 2 rings (SSSR count). The van der Waals surface area contributed by atoms with E-state index in [0.717, 1.165) is 0 Å². The molecule has 3 amide bonds. The van der Waals surface area contributed by atoms with Crippen molar-refractivity contribution < 1.29 is 28.6 Å². The summed E-state index contributed by atoms with van der Waals surface area (Å²) in [6, 6.07) is 1.15. The zero-order valence-corrected chi connectivity index (χ0v) is 17.2. The van der Waals surface area contributed by atoms with Crippen molar-refractivity contribution >= 4 is 40.5 Å². The predicted octanol–water partition coefficient (Wildman–Crippen LogP) is 1.32. The molecule has 30 heavy (non-hydrogen) atoms. The highest BCUT2D eigenvalue weighted by molar-refractivity contribution is 6.32. The highest BCUT2D eigenvalue weighted by atomic mass is 35.5. The summed E-state index contributed by atoms with van der Waals surface area (Å²) in [5.74, 6) is -1.55. The van der Waals surface area contributed by atoms with Crippen molar-refractivity contribution in [2.24, 2.45) is 5.73 Å². The fraction of sp³-hybridized carbons (Fsp3) is 0.368. The molecule has 0 saturated heterocycles. The Labute approximate surface area is 176 Å². The summed E-state index contributed by atoms with van der Waals surface area (Å²) in [4.78, 5) is 46.8. The van der Waals surface area contributed by atoms with Gasteiger partial charge in [0.25, 0.3) is 0 Å². The van der Waals surface area contributed by atoms with Crippen LogP contribution >= 0.6 is 11.6 Å². The number of carbonyl (C=O) groups excluding carboxylic acids is 2. The van der Waals surface area contributed by atoms with Crippen LogP contribution in [0.3, 0.4) is 0 Å². The lowest BCUT2D eigenvalue weighted by atomic mass is 10.0. The number of benzene rings is 1. The average Bonchev–Trinajstić information content (AvgIpc) is 2.67. The van der Waals surface area contributed by atoms with Crippen molar-refractivity contribution in [2.75, 3.05) is 13.7 Å². The highest BCUT2D eigenvalue weighted by Gasteiger charge is 2.22. The number of aliphatic carboxylic acids is 1. The van der Waals surface area contributed by atoms with Crippen LogP contribution in [0.2, 0.25) is 5.02 Å². The number of ether oxygens (including phenoxy) is 1. The maximum absolute atomic E-state index is 12.4. The quantitative estimate of drug-likeness (QED) is 0.338. The number of primary amides is 1. The van der Waals surface area contributed by atoms with E-state index in [4.69, 9.17) is 26.5 Å². The van der Waals surface area contributed by atoms with Crippen LogP contribution in [0, 0.1) is 6.92 Å². The summed E-state index contributed by atoms with van der Waals surface area (Å²) >= 11 is 6.13. The molecule has 5 N–H and O–H groups in total. The Morgan fingerprint density at radius 3 is 2.63 bits per heavy atom. The summed E-state index contributed by atoms with van der Waals surface area (Å²) in [5, 5.41) is 14.9. The van der Waals surface area contributed by atoms with E-state index in [1.807, 2.05) is 0 Å².